The molecule has 0 aromatic carbocycles. The summed E-state index contributed by atoms with van der Waals surface area (Å²) >= 11 is 0. The highest BCUT2D eigenvalue weighted by atomic mass is 16.2. The summed E-state index contributed by atoms with van der Waals surface area (Å²) in [5.74, 6) is -0.0320. The summed E-state index contributed by atoms with van der Waals surface area (Å²) in [6, 6.07) is 3.82. The van der Waals surface area contributed by atoms with Gasteiger partial charge in [0.25, 0.3) is 5.91 Å². The number of aromatic nitrogens is 3. The van der Waals surface area contributed by atoms with Gasteiger partial charge in [-0.05, 0) is 24.6 Å². The van der Waals surface area contributed by atoms with E-state index in [0.29, 0.717) is 25.2 Å². The third kappa shape index (κ3) is 3.64. The Labute approximate surface area is 118 Å². The number of pyridine rings is 1. The minimum atomic E-state index is -0.0320. The van der Waals surface area contributed by atoms with E-state index in [-0.39, 0.29) is 5.91 Å². The Kier molecular flexibility index (Phi) is 4.84. The van der Waals surface area contributed by atoms with E-state index < -0.39 is 0 Å². The predicted molar refractivity (Wildman–Crippen MR) is 75.9 cm³/mol. The lowest BCUT2D eigenvalue weighted by atomic mass is 10.2. The first kappa shape index (κ1) is 14.2. The summed E-state index contributed by atoms with van der Waals surface area (Å²) < 4.78 is 1.62. The highest BCUT2D eigenvalue weighted by molar-refractivity contribution is 5.93. The molecule has 0 aliphatic rings. The smallest absolute Gasteiger partial charge is 0.257 e. The molecule has 2 heterocycles. The second-order valence-corrected chi connectivity index (χ2v) is 4.63. The summed E-state index contributed by atoms with van der Waals surface area (Å²) in [6.45, 7) is 1.71. The normalized spacial score (nSPS) is 10.5. The zero-order chi connectivity index (χ0) is 14.4. The van der Waals surface area contributed by atoms with Crippen LogP contribution in [0.5, 0.6) is 0 Å². The average molecular weight is 273 g/mol. The molecule has 2 N–H and O–H groups in total. The van der Waals surface area contributed by atoms with Gasteiger partial charge in [0.05, 0.1) is 11.8 Å². The van der Waals surface area contributed by atoms with Crippen molar-refractivity contribution >= 4 is 5.91 Å². The molecule has 0 aliphatic heterocycles. The molecule has 0 fully saturated rings. The van der Waals surface area contributed by atoms with Gasteiger partial charge in [-0.1, -0.05) is 6.07 Å². The van der Waals surface area contributed by atoms with Crippen LogP contribution in [0.15, 0.2) is 36.9 Å². The van der Waals surface area contributed by atoms with Gasteiger partial charge in [-0.15, -0.1) is 0 Å². The van der Waals surface area contributed by atoms with Crippen molar-refractivity contribution in [2.24, 2.45) is 12.8 Å². The topological polar surface area (TPSA) is 77.0 Å². The lowest BCUT2D eigenvalue weighted by Gasteiger charge is -2.21. The molecule has 0 spiro atoms. The molecular weight excluding hydrogens is 254 g/mol. The maximum atomic E-state index is 12.5. The van der Waals surface area contributed by atoms with Crippen molar-refractivity contribution < 1.29 is 4.79 Å². The zero-order valence-electron chi connectivity index (χ0n) is 11.6. The Hall–Kier alpha value is -2.21. The molecule has 106 valence electrons. The standard InChI is InChI=1S/C14H19N5O/c1-18-11-13(9-17-18)14(20)19(7-3-5-15)10-12-4-2-6-16-8-12/h2,4,6,8-9,11H,3,5,7,10,15H2,1H3. The van der Waals surface area contributed by atoms with Crippen molar-refractivity contribution in [3.8, 4) is 0 Å². The first-order valence-electron chi connectivity index (χ1n) is 6.57. The molecule has 0 radical (unpaired) electrons. The predicted octanol–water partition coefficient (Wildman–Crippen LogP) is 0.806. The van der Waals surface area contributed by atoms with Crippen LogP contribution in [-0.2, 0) is 13.6 Å². The molecule has 2 aromatic rings. The van der Waals surface area contributed by atoms with E-state index >= 15 is 0 Å². The Morgan fingerprint density at radius 3 is 2.90 bits per heavy atom. The van der Waals surface area contributed by atoms with E-state index in [1.807, 2.05) is 12.1 Å². The zero-order valence-corrected chi connectivity index (χ0v) is 11.6. The average Bonchev–Trinajstić information content (AvgIpc) is 2.90. The Balaban J connectivity index is 2.12. The van der Waals surface area contributed by atoms with Gasteiger partial charge in [0, 0.05) is 38.7 Å². The second kappa shape index (κ2) is 6.81. The van der Waals surface area contributed by atoms with Crippen LogP contribution in [0.1, 0.15) is 22.3 Å². The van der Waals surface area contributed by atoms with E-state index in [4.69, 9.17) is 5.73 Å². The molecule has 2 aromatic heterocycles. The molecule has 0 aliphatic carbocycles. The number of amides is 1. The molecule has 20 heavy (non-hydrogen) atoms. The molecule has 1 amide bonds. The van der Waals surface area contributed by atoms with Gasteiger partial charge in [0.1, 0.15) is 0 Å². The highest BCUT2D eigenvalue weighted by Gasteiger charge is 2.17. The number of carbonyl (C=O) groups excluding carboxylic acids is 1. The summed E-state index contributed by atoms with van der Waals surface area (Å²) in [5, 5.41) is 4.04. The van der Waals surface area contributed by atoms with Gasteiger partial charge in [0.2, 0.25) is 0 Å². The van der Waals surface area contributed by atoms with Crippen molar-refractivity contribution in [2.45, 2.75) is 13.0 Å². The first-order valence-corrected chi connectivity index (χ1v) is 6.57. The minimum absolute atomic E-state index is 0.0320. The summed E-state index contributed by atoms with van der Waals surface area (Å²) in [5.41, 5.74) is 7.14. The SMILES string of the molecule is Cn1cc(C(=O)N(CCCN)Cc2cccnc2)cn1. The van der Waals surface area contributed by atoms with E-state index in [2.05, 4.69) is 10.1 Å². The molecule has 6 nitrogen and oxygen atoms in total. The molecular formula is C14H19N5O. The number of carbonyl (C=O) groups is 1. The van der Waals surface area contributed by atoms with E-state index in [1.54, 1.807) is 41.4 Å². The van der Waals surface area contributed by atoms with Crippen LogP contribution in [0.3, 0.4) is 0 Å². The molecule has 0 unspecified atom stereocenters. The van der Waals surface area contributed by atoms with Gasteiger partial charge in [-0.3, -0.25) is 14.5 Å². The van der Waals surface area contributed by atoms with Crippen molar-refractivity contribution in [1.29, 1.82) is 0 Å². The number of hydrogen-bond acceptors (Lipinski definition) is 4. The van der Waals surface area contributed by atoms with Crippen molar-refractivity contribution in [2.75, 3.05) is 13.1 Å². The van der Waals surface area contributed by atoms with Gasteiger partial charge in [-0.25, -0.2) is 0 Å². The largest absolute Gasteiger partial charge is 0.334 e. The summed E-state index contributed by atoms with van der Waals surface area (Å²) in [7, 11) is 1.79. The fraction of sp³-hybridized carbons (Fsp3) is 0.357. The van der Waals surface area contributed by atoms with Crippen LogP contribution in [0.25, 0.3) is 0 Å². The van der Waals surface area contributed by atoms with Crippen LogP contribution < -0.4 is 5.73 Å². The third-order valence-electron chi connectivity index (χ3n) is 2.97. The van der Waals surface area contributed by atoms with Crippen LogP contribution in [0, 0.1) is 0 Å². The van der Waals surface area contributed by atoms with E-state index in [1.165, 1.54) is 0 Å². The molecule has 6 heteroatoms. The lowest BCUT2D eigenvalue weighted by molar-refractivity contribution is 0.0742. The van der Waals surface area contributed by atoms with E-state index in [0.717, 1.165) is 12.0 Å². The van der Waals surface area contributed by atoms with Gasteiger partial charge in [-0.2, -0.15) is 5.10 Å². The molecule has 0 bridgehead atoms. The Morgan fingerprint density at radius 1 is 1.45 bits per heavy atom. The maximum absolute atomic E-state index is 12.5. The number of aryl methyl sites for hydroxylation is 1. The summed E-state index contributed by atoms with van der Waals surface area (Å²) in [6.07, 6.45) is 7.57. The number of nitrogens with two attached hydrogens (primary N) is 1. The monoisotopic (exact) mass is 273 g/mol. The van der Waals surface area contributed by atoms with Crippen molar-refractivity contribution in [1.82, 2.24) is 19.7 Å². The van der Waals surface area contributed by atoms with Crippen molar-refractivity contribution in [3.05, 3.63) is 48.0 Å². The maximum Gasteiger partial charge on any atom is 0.257 e. The summed E-state index contributed by atoms with van der Waals surface area (Å²) in [4.78, 5) is 18.3. The highest BCUT2D eigenvalue weighted by Crippen LogP contribution is 2.09. The number of rotatable bonds is 6. The number of nitrogens with zero attached hydrogens (tertiary/aromatic N) is 4. The number of hydrogen-bond donors (Lipinski definition) is 1. The van der Waals surface area contributed by atoms with Crippen LogP contribution in [0.2, 0.25) is 0 Å². The van der Waals surface area contributed by atoms with Gasteiger partial charge >= 0.3 is 0 Å². The van der Waals surface area contributed by atoms with Crippen LogP contribution in [0.4, 0.5) is 0 Å². The van der Waals surface area contributed by atoms with Crippen LogP contribution >= 0.6 is 0 Å². The Bertz CT molecular complexity index is 552. The first-order chi connectivity index (χ1) is 9.70. The molecule has 2 rings (SSSR count). The molecule has 0 atom stereocenters. The quantitative estimate of drug-likeness (QED) is 0.844. The fourth-order valence-corrected chi connectivity index (χ4v) is 1.96. The lowest BCUT2D eigenvalue weighted by Crippen LogP contribution is -2.32. The van der Waals surface area contributed by atoms with Crippen LogP contribution in [-0.4, -0.2) is 38.7 Å². The molecule has 0 saturated carbocycles. The van der Waals surface area contributed by atoms with Crippen molar-refractivity contribution in [3.63, 3.8) is 0 Å². The molecule has 0 saturated heterocycles. The second-order valence-electron chi connectivity index (χ2n) is 4.63. The third-order valence-corrected chi connectivity index (χ3v) is 2.97. The van der Waals surface area contributed by atoms with E-state index in [9.17, 15) is 4.79 Å². The minimum Gasteiger partial charge on any atom is -0.334 e. The van der Waals surface area contributed by atoms with Gasteiger partial charge < -0.3 is 10.6 Å². The fourth-order valence-electron chi connectivity index (χ4n) is 1.96. The Morgan fingerprint density at radius 2 is 2.30 bits per heavy atom. The van der Waals surface area contributed by atoms with Gasteiger partial charge in [0.15, 0.2) is 0 Å².